The number of methoxy groups -OCH3 is 1. The average Bonchev–Trinajstić information content (AvgIpc) is 3.24. The maximum atomic E-state index is 14.1. The molecule has 2 nitrogen and oxygen atoms in total. The van der Waals surface area contributed by atoms with Crippen LogP contribution in [0.25, 0.3) is 0 Å². The minimum absolute atomic E-state index is 0.00716. The predicted molar refractivity (Wildman–Crippen MR) is 78.7 cm³/mol. The monoisotopic (exact) mass is 347 g/mol. The van der Waals surface area contributed by atoms with Gasteiger partial charge in [0, 0.05) is 18.7 Å². The summed E-state index contributed by atoms with van der Waals surface area (Å²) in [5, 5.41) is 3.30. The van der Waals surface area contributed by atoms with E-state index < -0.39 is 11.6 Å². The molecule has 2 rings (SSSR count). The van der Waals surface area contributed by atoms with Crippen molar-refractivity contribution in [2.24, 2.45) is 5.92 Å². The molecule has 0 saturated heterocycles. The van der Waals surface area contributed by atoms with E-state index in [0.717, 1.165) is 19.4 Å². The Bertz CT molecular complexity index is 465. The summed E-state index contributed by atoms with van der Waals surface area (Å²) in [5.74, 6) is -0.514. The third-order valence-electron chi connectivity index (χ3n) is 3.78. The minimum atomic E-state index is -0.515. The summed E-state index contributed by atoms with van der Waals surface area (Å²) in [6, 6.07) is 2.62. The number of hydrogen-bond donors (Lipinski definition) is 1. The molecule has 0 amide bonds. The molecule has 0 radical (unpaired) electrons. The maximum Gasteiger partial charge on any atom is 0.143 e. The molecule has 1 fully saturated rings. The van der Waals surface area contributed by atoms with E-state index in [4.69, 9.17) is 4.74 Å². The Kier molecular flexibility index (Phi) is 5.52. The molecule has 1 saturated carbocycles. The van der Waals surface area contributed by atoms with Gasteiger partial charge >= 0.3 is 0 Å². The lowest BCUT2D eigenvalue weighted by Gasteiger charge is -2.27. The molecule has 5 heteroatoms. The Morgan fingerprint density at radius 1 is 1.40 bits per heavy atom. The Morgan fingerprint density at radius 3 is 2.65 bits per heavy atom. The van der Waals surface area contributed by atoms with E-state index in [2.05, 4.69) is 21.2 Å². The zero-order valence-corrected chi connectivity index (χ0v) is 13.3. The van der Waals surface area contributed by atoms with Crippen LogP contribution in [0.1, 0.15) is 25.3 Å². The fourth-order valence-corrected chi connectivity index (χ4v) is 3.02. The van der Waals surface area contributed by atoms with Crippen LogP contribution in [0.3, 0.4) is 0 Å². The molecule has 2 unspecified atom stereocenters. The number of benzene rings is 1. The lowest BCUT2D eigenvalue weighted by Crippen LogP contribution is -2.44. The highest BCUT2D eigenvalue weighted by Gasteiger charge is 2.37. The van der Waals surface area contributed by atoms with E-state index in [9.17, 15) is 8.78 Å². The first-order chi connectivity index (χ1) is 9.58. The van der Waals surface area contributed by atoms with Crippen LogP contribution in [0.4, 0.5) is 8.78 Å². The number of nitrogens with one attached hydrogen (secondary N) is 1. The summed E-state index contributed by atoms with van der Waals surface area (Å²) in [6.45, 7) is 2.73. The van der Waals surface area contributed by atoms with Crippen molar-refractivity contribution in [3.8, 4) is 0 Å². The van der Waals surface area contributed by atoms with Crippen LogP contribution < -0.4 is 5.32 Å². The van der Waals surface area contributed by atoms with Crippen LogP contribution in [0.2, 0.25) is 0 Å². The predicted octanol–water partition coefficient (Wildman–Crippen LogP) is 3.67. The minimum Gasteiger partial charge on any atom is -0.380 e. The van der Waals surface area contributed by atoms with Crippen LogP contribution in [-0.4, -0.2) is 25.8 Å². The number of likely N-dealkylation sites (N-methyl/N-ethyl adjacent to an activating group) is 1. The van der Waals surface area contributed by atoms with Crippen molar-refractivity contribution >= 4 is 15.9 Å². The summed E-state index contributed by atoms with van der Waals surface area (Å²) in [5.41, 5.74) is 0.119. The van der Waals surface area contributed by atoms with Gasteiger partial charge in [0.15, 0.2) is 0 Å². The Labute approximate surface area is 127 Å². The van der Waals surface area contributed by atoms with Gasteiger partial charge in [0.25, 0.3) is 0 Å². The second-order valence-electron chi connectivity index (χ2n) is 5.23. The lowest BCUT2D eigenvalue weighted by atomic mass is 9.97. The summed E-state index contributed by atoms with van der Waals surface area (Å²) < 4.78 is 33.8. The molecule has 0 heterocycles. The maximum absolute atomic E-state index is 14.1. The van der Waals surface area contributed by atoms with Gasteiger partial charge in [-0.25, -0.2) is 8.78 Å². The van der Waals surface area contributed by atoms with Crippen molar-refractivity contribution in [1.82, 2.24) is 5.32 Å². The SMILES string of the molecule is CCNC(Cc1c(F)ccc(Br)c1F)C(OC)C1CC1. The van der Waals surface area contributed by atoms with Gasteiger partial charge in [-0.2, -0.15) is 0 Å². The molecule has 1 aliphatic rings. The standard InChI is InChI=1S/C15H20BrF2NO/c1-3-19-13(15(20-2)9-4-5-9)8-10-12(17)7-6-11(16)14(10)18/h6-7,9,13,15,19H,3-5,8H2,1-2H3. The fourth-order valence-electron chi connectivity index (χ4n) is 2.65. The van der Waals surface area contributed by atoms with Gasteiger partial charge in [0.2, 0.25) is 0 Å². The third kappa shape index (κ3) is 3.57. The molecule has 20 heavy (non-hydrogen) atoms. The second kappa shape index (κ2) is 6.96. The Morgan fingerprint density at radius 2 is 2.10 bits per heavy atom. The molecule has 1 aromatic carbocycles. The first-order valence-corrected chi connectivity index (χ1v) is 7.76. The van der Waals surface area contributed by atoms with Gasteiger partial charge in [-0.3, -0.25) is 0 Å². The third-order valence-corrected chi connectivity index (χ3v) is 4.40. The van der Waals surface area contributed by atoms with Crippen molar-refractivity contribution in [1.29, 1.82) is 0 Å². The van der Waals surface area contributed by atoms with Crippen molar-refractivity contribution in [2.75, 3.05) is 13.7 Å². The summed E-state index contributed by atoms with van der Waals surface area (Å²) >= 11 is 3.11. The summed E-state index contributed by atoms with van der Waals surface area (Å²) in [6.07, 6.45) is 2.56. The highest BCUT2D eigenvalue weighted by atomic mass is 79.9. The van der Waals surface area contributed by atoms with Crippen molar-refractivity contribution in [3.63, 3.8) is 0 Å². The van der Waals surface area contributed by atoms with E-state index in [1.807, 2.05) is 6.92 Å². The molecule has 1 aliphatic carbocycles. The van der Waals surface area contributed by atoms with Crippen molar-refractivity contribution < 1.29 is 13.5 Å². The summed E-state index contributed by atoms with van der Waals surface area (Å²) in [7, 11) is 1.67. The smallest absolute Gasteiger partial charge is 0.143 e. The van der Waals surface area contributed by atoms with Gasteiger partial charge in [-0.15, -0.1) is 0 Å². The molecular weight excluding hydrogens is 328 g/mol. The normalized spacial score (nSPS) is 18.1. The van der Waals surface area contributed by atoms with Crippen LogP contribution in [0.5, 0.6) is 0 Å². The largest absolute Gasteiger partial charge is 0.380 e. The van der Waals surface area contributed by atoms with E-state index >= 15 is 0 Å². The zero-order valence-electron chi connectivity index (χ0n) is 11.8. The van der Waals surface area contributed by atoms with Crippen LogP contribution in [0, 0.1) is 17.6 Å². The van der Waals surface area contributed by atoms with Crippen molar-refractivity contribution in [2.45, 2.75) is 38.3 Å². The Hall–Kier alpha value is -0.520. The van der Waals surface area contributed by atoms with Gasteiger partial charge < -0.3 is 10.1 Å². The van der Waals surface area contributed by atoms with Crippen LogP contribution in [-0.2, 0) is 11.2 Å². The highest BCUT2D eigenvalue weighted by molar-refractivity contribution is 9.10. The van der Waals surface area contributed by atoms with Crippen LogP contribution >= 0.6 is 15.9 Å². The fraction of sp³-hybridized carbons (Fsp3) is 0.600. The molecule has 0 aromatic heterocycles. The molecule has 0 spiro atoms. The van der Waals surface area contributed by atoms with Gasteiger partial charge in [-0.1, -0.05) is 6.92 Å². The van der Waals surface area contributed by atoms with E-state index in [1.54, 1.807) is 7.11 Å². The van der Waals surface area contributed by atoms with Gasteiger partial charge in [0.1, 0.15) is 11.6 Å². The molecule has 1 aromatic rings. The quantitative estimate of drug-likeness (QED) is 0.759. The number of rotatable bonds is 7. The van der Waals surface area contributed by atoms with E-state index in [1.165, 1.54) is 12.1 Å². The van der Waals surface area contributed by atoms with E-state index in [0.29, 0.717) is 16.8 Å². The molecule has 112 valence electrons. The number of hydrogen-bond acceptors (Lipinski definition) is 2. The molecule has 0 aliphatic heterocycles. The number of halogens is 3. The van der Waals surface area contributed by atoms with Crippen molar-refractivity contribution in [3.05, 3.63) is 33.8 Å². The molecular formula is C15H20BrF2NO. The second-order valence-corrected chi connectivity index (χ2v) is 6.08. The first kappa shape index (κ1) is 15.9. The Balaban J connectivity index is 2.21. The lowest BCUT2D eigenvalue weighted by molar-refractivity contribution is 0.0511. The molecule has 2 atom stereocenters. The summed E-state index contributed by atoms with van der Waals surface area (Å²) in [4.78, 5) is 0. The van der Waals surface area contributed by atoms with E-state index in [-0.39, 0.29) is 17.7 Å². The molecule has 1 N–H and O–H groups in total. The zero-order chi connectivity index (χ0) is 14.7. The average molecular weight is 348 g/mol. The first-order valence-electron chi connectivity index (χ1n) is 6.97. The highest BCUT2D eigenvalue weighted by Crippen LogP contribution is 2.36. The topological polar surface area (TPSA) is 21.3 Å². The molecule has 0 bridgehead atoms. The van der Waals surface area contributed by atoms with Crippen LogP contribution in [0.15, 0.2) is 16.6 Å². The van der Waals surface area contributed by atoms with Gasteiger partial charge in [-0.05, 0) is 59.8 Å². The number of ether oxygens (including phenoxy) is 1. The van der Waals surface area contributed by atoms with Gasteiger partial charge in [0.05, 0.1) is 10.6 Å².